The lowest BCUT2D eigenvalue weighted by Gasteiger charge is -2.00. The Kier molecular flexibility index (Phi) is 5.40. The third-order valence-electron chi connectivity index (χ3n) is 2.63. The van der Waals surface area contributed by atoms with Gasteiger partial charge in [0.15, 0.2) is 0 Å². The minimum absolute atomic E-state index is 0.0673. The molecule has 22 heavy (non-hydrogen) atoms. The minimum atomic E-state index is -0.499. The highest BCUT2D eigenvalue weighted by molar-refractivity contribution is 9.10. The Morgan fingerprint density at radius 2 is 2.00 bits per heavy atom. The molecule has 0 radical (unpaired) electrons. The molecule has 0 bridgehead atoms. The van der Waals surface area contributed by atoms with E-state index >= 15 is 0 Å². The molecule has 2 aromatic carbocycles. The van der Waals surface area contributed by atoms with E-state index in [1.54, 1.807) is 36.4 Å². The molecule has 112 valence electrons. The fourth-order valence-electron chi connectivity index (χ4n) is 1.61. The third-order valence-corrected chi connectivity index (χ3v) is 3.80. The summed E-state index contributed by atoms with van der Waals surface area (Å²) < 4.78 is 1.17. The SMILES string of the molecule is O=C(N/N=C\c1ccc(Br)c([N+](=O)[O-])c1)c1cccc(Br)c1. The van der Waals surface area contributed by atoms with Crippen molar-refractivity contribution in [3.05, 3.63) is 72.7 Å². The van der Waals surface area contributed by atoms with Crippen LogP contribution in [0.5, 0.6) is 0 Å². The quantitative estimate of drug-likeness (QED) is 0.457. The molecule has 0 saturated carbocycles. The number of nitro benzene ring substituents is 1. The van der Waals surface area contributed by atoms with Gasteiger partial charge < -0.3 is 0 Å². The maximum atomic E-state index is 11.9. The molecule has 0 heterocycles. The van der Waals surface area contributed by atoms with Crippen LogP contribution in [0.4, 0.5) is 5.69 Å². The number of rotatable bonds is 4. The van der Waals surface area contributed by atoms with Crippen LogP contribution in [0.25, 0.3) is 0 Å². The molecule has 0 aliphatic heterocycles. The Morgan fingerprint density at radius 1 is 1.23 bits per heavy atom. The average molecular weight is 427 g/mol. The van der Waals surface area contributed by atoms with Gasteiger partial charge in [0.05, 0.1) is 15.6 Å². The normalized spacial score (nSPS) is 10.6. The van der Waals surface area contributed by atoms with Gasteiger partial charge in [-0.3, -0.25) is 14.9 Å². The molecule has 0 unspecified atom stereocenters. The predicted molar refractivity (Wildman–Crippen MR) is 90.0 cm³/mol. The van der Waals surface area contributed by atoms with E-state index in [1.165, 1.54) is 12.3 Å². The highest BCUT2D eigenvalue weighted by Crippen LogP contribution is 2.24. The maximum Gasteiger partial charge on any atom is 0.284 e. The molecule has 0 spiro atoms. The van der Waals surface area contributed by atoms with Crippen LogP contribution in [0.1, 0.15) is 15.9 Å². The van der Waals surface area contributed by atoms with Crippen molar-refractivity contribution in [2.24, 2.45) is 5.10 Å². The number of nitrogens with zero attached hydrogens (tertiary/aromatic N) is 2. The molecule has 1 amide bonds. The molecule has 2 aromatic rings. The summed E-state index contributed by atoms with van der Waals surface area (Å²) in [5.74, 6) is -0.371. The predicted octanol–water partition coefficient (Wildman–Crippen LogP) is 3.88. The maximum absolute atomic E-state index is 11.9. The van der Waals surface area contributed by atoms with Crippen LogP contribution in [0.15, 0.2) is 56.5 Å². The topological polar surface area (TPSA) is 84.6 Å². The lowest BCUT2D eigenvalue weighted by molar-refractivity contribution is -0.385. The lowest BCUT2D eigenvalue weighted by Crippen LogP contribution is -2.17. The fraction of sp³-hybridized carbons (Fsp3) is 0. The number of amides is 1. The van der Waals surface area contributed by atoms with Crippen LogP contribution in [-0.2, 0) is 0 Å². The number of halogens is 2. The standard InChI is InChI=1S/C14H9Br2N3O3/c15-11-3-1-2-10(7-11)14(20)18-17-8-9-4-5-12(16)13(6-9)19(21)22/h1-8H,(H,18,20)/b17-8-. The molecule has 0 aliphatic carbocycles. The molecule has 0 fully saturated rings. The molecule has 0 aromatic heterocycles. The van der Waals surface area contributed by atoms with Crippen molar-refractivity contribution in [2.45, 2.75) is 0 Å². The summed E-state index contributed by atoms with van der Waals surface area (Å²) in [6.07, 6.45) is 1.34. The van der Waals surface area contributed by atoms with Gasteiger partial charge in [0.25, 0.3) is 11.6 Å². The zero-order valence-electron chi connectivity index (χ0n) is 11.0. The summed E-state index contributed by atoms with van der Waals surface area (Å²) >= 11 is 6.38. The van der Waals surface area contributed by atoms with Crippen molar-refractivity contribution < 1.29 is 9.72 Å². The summed E-state index contributed by atoms with van der Waals surface area (Å²) in [5, 5.41) is 14.6. The lowest BCUT2D eigenvalue weighted by atomic mass is 10.2. The van der Waals surface area contributed by atoms with E-state index in [4.69, 9.17) is 0 Å². The second-order valence-electron chi connectivity index (χ2n) is 4.18. The Hall–Kier alpha value is -2.06. The van der Waals surface area contributed by atoms with Crippen LogP contribution in [0, 0.1) is 10.1 Å². The van der Waals surface area contributed by atoms with Crippen LogP contribution in [-0.4, -0.2) is 17.0 Å². The molecule has 8 heteroatoms. The average Bonchev–Trinajstić information content (AvgIpc) is 2.48. The Labute approximate surface area is 142 Å². The smallest absolute Gasteiger partial charge is 0.267 e. The zero-order valence-corrected chi connectivity index (χ0v) is 14.2. The van der Waals surface area contributed by atoms with Crippen LogP contribution < -0.4 is 5.43 Å². The van der Waals surface area contributed by atoms with Gasteiger partial charge in [0.1, 0.15) is 0 Å². The van der Waals surface area contributed by atoms with E-state index in [1.807, 2.05) is 0 Å². The number of hydrogen-bond donors (Lipinski definition) is 1. The highest BCUT2D eigenvalue weighted by Gasteiger charge is 2.11. The summed E-state index contributed by atoms with van der Waals surface area (Å²) in [6.45, 7) is 0. The van der Waals surface area contributed by atoms with E-state index in [0.717, 1.165) is 4.47 Å². The zero-order chi connectivity index (χ0) is 16.1. The second kappa shape index (κ2) is 7.28. The number of hydrogen-bond acceptors (Lipinski definition) is 4. The van der Waals surface area contributed by atoms with Crippen molar-refractivity contribution in [2.75, 3.05) is 0 Å². The van der Waals surface area contributed by atoms with Gasteiger partial charge >= 0.3 is 0 Å². The van der Waals surface area contributed by atoms with Gasteiger partial charge in [-0.15, -0.1) is 0 Å². The van der Waals surface area contributed by atoms with E-state index in [0.29, 0.717) is 15.6 Å². The number of carbonyl (C=O) groups is 1. The first-order valence-corrected chi connectivity index (χ1v) is 7.59. The monoisotopic (exact) mass is 425 g/mol. The van der Waals surface area contributed by atoms with Crippen molar-refractivity contribution in [3.63, 3.8) is 0 Å². The van der Waals surface area contributed by atoms with Gasteiger partial charge in [-0.1, -0.05) is 28.1 Å². The summed E-state index contributed by atoms with van der Waals surface area (Å²) in [4.78, 5) is 22.2. The van der Waals surface area contributed by atoms with E-state index in [2.05, 4.69) is 42.4 Å². The van der Waals surface area contributed by atoms with Crippen LogP contribution in [0.2, 0.25) is 0 Å². The van der Waals surface area contributed by atoms with Gasteiger partial charge in [0, 0.05) is 21.7 Å². The van der Waals surface area contributed by atoms with Crippen LogP contribution >= 0.6 is 31.9 Å². The van der Waals surface area contributed by atoms with E-state index in [9.17, 15) is 14.9 Å². The third kappa shape index (κ3) is 4.22. The largest absolute Gasteiger partial charge is 0.284 e. The van der Waals surface area contributed by atoms with Crippen molar-refractivity contribution >= 4 is 49.7 Å². The highest BCUT2D eigenvalue weighted by atomic mass is 79.9. The molecule has 1 N–H and O–H groups in total. The second-order valence-corrected chi connectivity index (χ2v) is 5.95. The molecule has 2 rings (SSSR count). The number of hydrazone groups is 1. The van der Waals surface area contributed by atoms with Gasteiger partial charge in [-0.25, -0.2) is 5.43 Å². The Morgan fingerprint density at radius 3 is 2.68 bits per heavy atom. The number of nitro groups is 1. The van der Waals surface area contributed by atoms with Crippen molar-refractivity contribution in [1.82, 2.24) is 5.43 Å². The number of benzene rings is 2. The first-order chi connectivity index (χ1) is 10.5. The summed E-state index contributed by atoms with van der Waals surface area (Å²) in [5.41, 5.74) is 3.25. The summed E-state index contributed by atoms with van der Waals surface area (Å²) in [6, 6.07) is 11.4. The van der Waals surface area contributed by atoms with Crippen molar-refractivity contribution in [3.8, 4) is 0 Å². The molecule has 0 aliphatic rings. The minimum Gasteiger partial charge on any atom is -0.267 e. The molecule has 6 nitrogen and oxygen atoms in total. The van der Waals surface area contributed by atoms with E-state index in [-0.39, 0.29) is 11.6 Å². The number of carbonyl (C=O) groups excluding carboxylic acids is 1. The van der Waals surface area contributed by atoms with Crippen LogP contribution in [0.3, 0.4) is 0 Å². The Bertz CT molecular complexity index is 763. The fourth-order valence-corrected chi connectivity index (χ4v) is 2.40. The first-order valence-electron chi connectivity index (χ1n) is 6.00. The molecular formula is C14H9Br2N3O3. The van der Waals surface area contributed by atoms with Gasteiger partial charge in [-0.05, 0) is 40.2 Å². The molecule has 0 atom stereocenters. The van der Waals surface area contributed by atoms with Gasteiger partial charge in [-0.2, -0.15) is 5.10 Å². The van der Waals surface area contributed by atoms with Crippen molar-refractivity contribution in [1.29, 1.82) is 0 Å². The summed E-state index contributed by atoms with van der Waals surface area (Å²) in [7, 11) is 0. The molecular weight excluding hydrogens is 418 g/mol. The van der Waals surface area contributed by atoms with Gasteiger partial charge in [0.2, 0.25) is 0 Å². The van der Waals surface area contributed by atoms with E-state index < -0.39 is 4.92 Å². The number of nitrogens with one attached hydrogen (secondary N) is 1. The first kappa shape index (κ1) is 16.3. The Balaban J connectivity index is 2.08. The molecule has 0 saturated heterocycles.